The van der Waals surface area contributed by atoms with Crippen LogP contribution in [0, 0.1) is 5.82 Å². The standard InChI is InChI=1S/C25H24ClFN6O/c1-31-9-11-32(12-10-31)15-22(34)30-19-7-5-17(6-8-19)21-14-33(20-4-2-3-18(27)13-20)25-23(21)24(26)28-16-29-25/h2-8,13-14,16H,9-12,15H2,1H3,(H,30,34). The number of rotatable bonds is 5. The van der Waals surface area contributed by atoms with Crippen molar-refractivity contribution in [1.29, 1.82) is 0 Å². The zero-order valence-electron chi connectivity index (χ0n) is 18.7. The van der Waals surface area contributed by atoms with Gasteiger partial charge in [-0.15, -0.1) is 0 Å². The maximum absolute atomic E-state index is 13.9. The first-order chi connectivity index (χ1) is 16.5. The van der Waals surface area contributed by atoms with Crippen LogP contribution in [0.15, 0.2) is 61.1 Å². The number of benzene rings is 2. The molecule has 0 spiro atoms. The number of carbonyl (C=O) groups is 1. The first-order valence-corrected chi connectivity index (χ1v) is 11.4. The smallest absolute Gasteiger partial charge is 0.238 e. The maximum atomic E-state index is 13.9. The minimum Gasteiger partial charge on any atom is -0.325 e. The number of hydrogen-bond donors (Lipinski definition) is 1. The van der Waals surface area contributed by atoms with E-state index >= 15 is 0 Å². The van der Waals surface area contributed by atoms with Gasteiger partial charge < -0.3 is 14.8 Å². The second kappa shape index (κ2) is 9.50. The highest BCUT2D eigenvalue weighted by Gasteiger charge is 2.18. The van der Waals surface area contributed by atoms with Gasteiger partial charge in [0.2, 0.25) is 5.91 Å². The van der Waals surface area contributed by atoms with Crippen LogP contribution >= 0.6 is 11.6 Å². The zero-order chi connectivity index (χ0) is 23.7. The molecule has 1 saturated heterocycles. The van der Waals surface area contributed by atoms with E-state index in [0.717, 1.165) is 43.0 Å². The molecule has 1 amide bonds. The lowest BCUT2D eigenvalue weighted by Crippen LogP contribution is -2.47. The van der Waals surface area contributed by atoms with Gasteiger partial charge in [0.05, 0.1) is 11.9 Å². The minimum absolute atomic E-state index is 0.0311. The van der Waals surface area contributed by atoms with Gasteiger partial charge in [-0.1, -0.05) is 29.8 Å². The van der Waals surface area contributed by atoms with Gasteiger partial charge in [-0.25, -0.2) is 14.4 Å². The molecule has 1 N–H and O–H groups in total. The van der Waals surface area contributed by atoms with Crippen LogP contribution in [0.25, 0.3) is 27.8 Å². The molecule has 1 aliphatic rings. The van der Waals surface area contributed by atoms with Crippen molar-refractivity contribution < 1.29 is 9.18 Å². The number of hydrogen-bond acceptors (Lipinski definition) is 5. The molecule has 7 nitrogen and oxygen atoms in total. The molecule has 4 aromatic rings. The van der Waals surface area contributed by atoms with Crippen LogP contribution < -0.4 is 5.32 Å². The summed E-state index contributed by atoms with van der Waals surface area (Å²) in [4.78, 5) is 25.4. The lowest BCUT2D eigenvalue weighted by atomic mass is 10.1. The monoisotopic (exact) mass is 478 g/mol. The van der Waals surface area contributed by atoms with Crippen LogP contribution in [0.3, 0.4) is 0 Å². The van der Waals surface area contributed by atoms with E-state index in [2.05, 4.69) is 32.1 Å². The third-order valence-corrected chi connectivity index (χ3v) is 6.35. The van der Waals surface area contributed by atoms with Gasteiger partial charge in [0.25, 0.3) is 0 Å². The van der Waals surface area contributed by atoms with Crippen LogP contribution in [-0.2, 0) is 4.79 Å². The first-order valence-electron chi connectivity index (χ1n) is 11.1. The molecule has 5 rings (SSSR count). The van der Waals surface area contributed by atoms with Gasteiger partial charge in [0.1, 0.15) is 22.9 Å². The van der Waals surface area contributed by atoms with Crippen molar-refractivity contribution in [1.82, 2.24) is 24.3 Å². The van der Waals surface area contributed by atoms with Gasteiger partial charge in [-0.3, -0.25) is 9.69 Å². The van der Waals surface area contributed by atoms with E-state index in [4.69, 9.17) is 11.6 Å². The van der Waals surface area contributed by atoms with Crippen molar-refractivity contribution in [3.05, 3.63) is 72.0 Å². The summed E-state index contributed by atoms with van der Waals surface area (Å²) in [5.41, 5.74) is 3.65. The highest BCUT2D eigenvalue weighted by molar-refractivity contribution is 6.35. The molecule has 34 heavy (non-hydrogen) atoms. The Morgan fingerprint density at radius 2 is 1.85 bits per heavy atom. The summed E-state index contributed by atoms with van der Waals surface area (Å²) in [7, 11) is 2.09. The van der Waals surface area contributed by atoms with E-state index < -0.39 is 0 Å². The average Bonchev–Trinajstić information content (AvgIpc) is 3.22. The topological polar surface area (TPSA) is 66.3 Å². The summed E-state index contributed by atoms with van der Waals surface area (Å²) in [5, 5.41) is 3.97. The molecule has 0 atom stereocenters. The number of halogens is 2. The molecule has 9 heteroatoms. The van der Waals surface area contributed by atoms with Gasteiger partial charge >= 0.3 is 0 Å². The Hall–Kier alpha value is -3.33. The normalized spacial score (nSPS) is 15.0. The fraction of sp³-hybridized carbons (Fsp3) is 0.240. The highest BCUT2D eigenvalue weighted by atomic mass is 35.5. The predicted molar refractivity (Wildman–Crippen MR) is 132 cm³/mol. The summed E-state index contributed by atoms with van der Waals surface area (Å²) in [6.45, 7) is 4.10. The van der Waals surface area contributed by atoms with Crippen LogP contribution in [-0.4, -0.2) is 70.0 Å². The maximum Gasteiger partial charge on any atom is 0.238 e. The van der Waals surface area contributed by atoms with E-state index in [9.17, 15) is 9.18 Å². The number of aromatic nitrogens is 3. The molecule has 0 radical (unpaired) electrons. The van der Waals surface area contributed by atoms with Crippen molar-refractivity contribution >= 4 is 34.2 Å². The van der Waals surface area contributed by atoms with Crippen LogP contribution in [0.1, 0.15) is 0 Å². The fourth-order valence-corrected chi connectivity index (χ4v) is 4.44. The third-order valence-electron chi connectivity index (χ3n) is 6.07. The summed E-state index contributed by atoms with van der Waals surface area (Å²) >= 11 is 6.44. The molecule has 1 fully saturated rings. The molecule has 0 aliphatic carbocycles. The Morgan fingerprint density at radius 1 is 1.09 bits per heavy atom. The Bertz CT molecular complexity index is 1330. The van der Waals surface area contributed by atoms with E-state index in [1.165, 1.54) is 18.5 Å². The van der Waals surface area contributed by atoms with Crippen molar-refractivity contribution in [3.8, 4) is 16.8 Å². The van der Waals surface area contributed by atoms with Crippen molar-refractivity contribution in [2.75, 3.05) is 45.1 Å². The second-order valence-electron chi connectivity index (χ2n) is 8.46. The van der Waals surface area contributed by atoms with Crippen LogP contribution in [0.2, 0.25) is 5.15 Å². The molecule has 1 aliphatic heterocycles. The van der Waals surface area contributed by atoms with Crippen molar-refractivity contribution in [2.24, 2.45) is 0 Å². The summed E-state index contributed by atoms with van der Waals surface area (Å²) < 4.78 is 15.7. The number of fused-ring (bicyclic) bond motifs is 1. The van der Waals surface area contributed by atoms with Gasteiger partial charge in [-0.2, -0.15) is 0 Å². The molecule has 2 aromatic heterocycles. The Kier molecular flexibility index (Phi) is 6.28. The molecule has 2 aromatic carbocycles. The Morgan fingerprint density at radius 3 is 2.59 bits per heavy atom. The summed E-state index contributed by atoms with van der Waals surface area (Å²) in [6, 6.07) is 13.9. The number of nitrogens with zero attached hydrogens (tertiary/aromatic N) is 5. The largest absolute Gasteiger partial charge is 0.325 e. The first kappa shape index (κ1) is 22.5. The summed E-state index contributed by atoms with van der Waals surface area (Å²) in [6.07, 6.45) is 3.27. The number of anilines is 1. The number of carbonyl (C=O) groups excluding carboxylic acids is 1. The number of nitrogens with one attached hydrogen (secondary N) is 1. The average molecular weight is 479 g/mol. The van der Waals surface area contributed by atoms with E-state index in [-0.39, 0.29) is 11.7 Å². The third kappa shape index (κ3) is 4.65. The number of piperazine rings is 1. The fourth-order valence-electron chi connectivity index (χ4n) is 4.21. The second-order valence-corrected chi connectivity index (χ2v) is 8.82. The molecule has 174 valence electrons. The van der Waals surface area contributed by atoms with E-state index in [1.54, 1.807) is 16.7 Å². The Balaban J connectivity index is 1.39. The molecular formula is C25H24ClFN6O. The predicted octanol–water partition coefficient (Wildman–Crippen LogP) is 4.07. The quantitative estimate of drug-likeness (QED) is 0.438. The molecular weight excluding hydrogens is 455 g/mol. The van der Waals surface area contributed by atoms with E-state index in [1.807, 2.05) is 30.5 Å². The number of likely N-dealkylation sites (N-methyl/N-ethyl adjacent to an activating group) is 1. The molecule has 0 saturated carbocycles. The zero-order valence-corrected chi connectivity index (χ0v) is 19.5. The molecule has 0 unspecified atom stereocenters. The molecule has 3 heterocycles. The highest BCUT2D eigenvalue weighted by Crippen LogP contribution is 2.35. The van der Waals surface area contributed by atoms with Gasteiger partial charge in [0, 0.05) is 49.3 Å². The van der Waals surface area contributed by atoms with E-state index in [0.29, 0.717) is 28.4 Å². The van der Waals surface area contributed by atoms with Crippen LogP contribution in [0.4, 0.5) is 10.1 Å². The van der Waals surface area contributed by atoms with Gasteiger partial charge in [-0.05, 0) is 42.9 Å². The Labute approximate surface area is 201 Å². The SMILES string of the molecule is CN1CCN(CC(=O)Nc2ccc(-c3cn(-c4cccc(F)c4)c4ncnc(Cl)c34)cc2)CC1. The molecule has 0 bridgehead atoms. The summed E-state index contributed by atoms with van der Waals surface area (Å²) in [5.74, 6) is -0.367. The van der Waals surface area contributed by atoms with Crippen LogP contribution in [0.5, 0.6) is 0 Å². The number of amides is 1. The van der Waals surface area contributed by atoms with Gasteiger partial charge in [0.15, 0.2) is 0 Å². The lowest BCUT2D eigenvalue weighted by Gasteiger charge is -2.31. The van der Waals surface area contributed by atoms with Crippen molar-refractivity contribution in [3.63, 3.8) is 0 Å². The lowest BCUT2D eigenvalue weighted by molar-refractivity contribution is -0.117. The van der Waals surface area contributed by atoms with Crippen molar-refractivity contribution in [2.45, 2.75) is 0 Å². The minimum atomic E-state index is -0.335.